The van der Waals surface area contributed by atoms with Gasteiger partial charge in [0.2, 0.25) is 5.91 Å². The number of carbonyl (C=O) groups excluding carboxylic acids is 2. The molecule has 3 aromatic rings. The molecule has 2 heterocycles. The molecule has 1 spiro atoms. The quantitative estimate of drug-likeness (QED) is 0.131. The number of nitro groups is 1. The molecule has 2 amide bonds. The first-order chi connectivity index (χ1) is 22.0. The Balaban J connectivity index is 1.61. The van der Waals surface area contributed by atoms with Crippen LogP contribution in [0.5, 0.6) is 5.75 Å². The second-order valence-electron chi connectivity index (χ2n) is 12.5. The molecule has 0 saturated carbocycles. The molecule has 0 bridgehead atoms. The lowest BCUT2D eigenvalue weighted by atomic mass is 9.82. The normalized spacial score (nSPS) is 22.2. The molecule has 1 N–H and O–H groups in total. The highest BCUT2D eigenvalue weighted by molar-refractivity contribution is 6.91. The van der Waals surface area contributed by atoms with Crippen molar-refractivity contribution >= 4 is 36.4 Å². The third-order valence-electron chi connectivity index (χ3n) is 9.66. The Labute approximate surface area is 270 Å². The number of rotatable bonds is 12. The minimum atomic E-state index is -2.55. The van der Waals surface area contributed by atoms with Crippen molar-refractivity contribution < 1.29 is 29.1 Å². The van der Waals surface area contributed by atoms with Gasteiger partial charge in [0.15, 0.2) is 5.60 Å². The van der Waals surface area contributed by atoms with Crippen LogP contribution in [0.2, 0.25) is 18.6 Å². The maximum absolute atomic E-state index is 14.5. The zero-order chi connectivity index (χ0) is 33.2. The number of nitro benzene ring substituents is 1. The summed E-state index contributed by atoms with van der Waals surface area (Å²) in [4.78, 5) is 43.2. The Bertz CT molecular complexity index is 1610. The minimum absolute atomic E-state index is 0.0187. The molecule has 5 rings (SSSR count). The zero-order valence-electron chi connectivity index (χ0n) is 26.7. The molecule has 1 saturated heterocycles. The highest BCUT2D eigenvalue weighted by Crippen LogP contribution is 2.60. The average Bonchev–Trinajstić information content (AvgIpc) is 3.47. The molecule has 3 aromatic carbocycles. The van der Waals surface area contributed by atoms with Gasteiger partial charge in [-0.3, -0.25) is 19.7 Å². The van der Waals surface area contributed by atoms with Crippen LogP contribution in [0.25, 0.3) is 0 Å². The minimum Gasteiger partial charge on any atom is -0.497 e. The van der Waals surface area contributed by atoms with E-state index in [1.165, 1.54) is 12.1 Å². The van der Waals surface area contributed by atoms with Gasteiger partial charge in [0, 0.05) is 43.2 Å². The largest absolute Gasteiger partial charge is 0.497 e. The zero-order valence-corrected chi connectivity index (χ0v) is 27.7. The number of anilines is 1. The standard InChI is InChI=1S/C35H41N3O7Si/c1-6-18-37-30-17-12-26(38(42)43)21-29(30)35(34(37)41)24(2)33(46(4,5)28-15-13-27(44-3)14-16-28)31(45-35)22-32(40)36(19-20-39)23-25-10-8-7-9-11-25/h6-17,21,24,31,33,39H,1,18-20,22-23H2,2-5H3/t24-,31+,33-,35+/m0/s1. The highest BCUT2D eigenvalue weighted by atomic mass is 28.3. The number of hydrogen-bond donors (Lipinski definition) is 1. The van der Waals surface area contributed by atoms with Crippen LogP contribution in [0.1, 0.15) is 24.5 Å². The molecule has 0 aliphatic carbocycles. The topological polar surface area (TPSA) is 122 Å². The van der Waals surface area contributed by atoms with Gasteiger partial charge < -0.3 is 24.4 Å². The lowest BCUT2D eigenvalue weighted by Gasteiger charge is -2.37. The molecule has 2 aliphatic heterocycles. The van der Waals surface area contributed by atoms with Gasteiger partial charge in [0.25, 0.3) is 11.6 Å². The van der Waals surface area contributed by atoms with E-state index in [0.717, 1.165) is 16.5 Å². The van der Waals surface area contributed by atoms with Gasteiger partial charge in [-0.25, -0.2) is 0 Å². The van der Waals surface area contributed by atoms with Crippen molar-refractivity contribution in [2.24, 2.45) is 5.92 Å². The van der Waals surface area contributed by atoms with E-state index >= 15 is 0 Å². The van der Waals surface area contributed by atoms with Crippen LogP contribution in [-0.4, -0.2) is 67.7 Å². The monoisotopic (exact) mass is 643 g/mol. The fourth-order valence-electron chi connectivity index (χ4n) is 7.44. The summed E-state index contributed by atoms with van der Waals surface area (Å²) < 4.78 is 12.3. The lowest BCUT2D eigenvalue weighted by molar-refractivity contribution is -0.385. The number of non-ortho nitro benzene ring substituents is 1. The molecule has 46 heavy (non-hydrogen) atoms. The van der Waals surface area contributed by atoms with Crippen LogP contribution in [-0.2, 0) is 26.5 Å². The van der Waals surface area contributed by atoms with Crippen molar-refractivity contribution in [1.82, 2.24) is 4.90 Å². The first-order valence-electron chi connectivity index (χ1n) is 15.5. The summed E-state index contributed by atoms with van der Waals surface area (Å²) >= 11 is 0. The molecule has 11 heteroatoms. The molecule has 0 unspecified atom stereocenters. The van der Waals surface area contributed by atoms with Gasteiger partial charge in [0.05, 0.1) is 44.9 Å². The number of aliphatic hydroxyl groups is 1. The first kappa shape index (κ1) is 33.1. The predicted octanol–water partition coefficient (Wildman–Crippen LogP) is 4.76. The first-order valence-corrected chi connectivity index (χ1v) is 18.5. The number of benzene rings is 3. The third-order valence-corrected chi connectivity index (χ3v) is 14.0. The van der Waals surface area contributed by atoms with Gasteiger partial charge in [-0.2, -0.15) is 0 Å². The van der Waals surface area contributed by atoms with E-state index < -0.39 is 30.6 Å². The number of aliphatic hydroxyl groups excluding tert-OH is 1. The number of hydrogen-bond acceptors (Lipinski definition) is 7. The van der Waals surface area contributed by atoms with Crippen molar-refractivity contribution in [3.63, 3.8) is 0 Å². The maximum atomic E-state index is 14.5. The molecule has 0 radical (unpaired) electrons. The van der Waals surface area contributed by atoms with E-state index in [2.05, 4.69) is 19.7 Å². The molecule has 242 valence electrons. The second-order valence-corrected chi connectivity index (χ2v) is 17.2. The van der Waals surface area contributed by atoms with Gasteiger partial charge in [-0.1, -0.05) is 73.7 Å². The van der Waals surface area contributed by atoms with E-state index in [0.29, 0.717) is 17.8 Å². The number of carbonyl (C=O) groups is 2. The Morgan fingerprint density at radius 1 is 1.17 bits per heavy atom. The summed E-state index contributed by atoms with van der Waals surface area (Å²) in [6.07, 6.45) is 0.921. The predicted molar refractivity (Wildman–Crippen MR) is 179 cm³/mol. The van der Waals surface area contributed by atoms with E-state index in [-0.39, 0.29) is 49.2 Å². The number of methoxy groups -OCH3 is 1. The summed E-state index contributed by atoms with van der Waals surface area (Å²) in [5.74, 6) is -0.228. The van der Waals surface area contributed by atoms with Crippen LogP contribution < -0.4 is 14.8 Å². The van der Waals surface area contributed by atoms with E-state index in [1.807, 2.05) is 61.5 Å². The smallest absolute Gasteiger partial charge is 0.269 e. The van der Waals surface area contributed by atoms with E-state index in [9.17, 15) is 24.8 Å². The van der Waals surface area contributed by atoms with Gasteiger partial charge >= 0.3 is 0 Å². The number of fused-ring (bicyclic) bond motifs is 2. The number of ether oxygens (including phenoxy) is 2. The highest BCUT2D eigenvalue weighted by Gasteiger charge is 2.66. The van der Waals surface area contributed by atoms with Crippen molar-refractivity contribution in [2.45, 2.75) is 50.2 Å². The van der Waals surface area contributed by atoms with Crippen molar-refractivity contribution in [2.75, 3.05) is 31.7 Å². The SMILES string of the molecule is C=CCN1C(=O)[C@]2(O[C@H](CC(=O)N(CCO)Cc3ccccc3)[C@@H]([Si](C)(C)c3ccc(OC)cc3)[C@@H]2C)c2cc([N+](=O)[O-])ccc21. The van der Waals surface area contributed by atoms with Crippen molar-refractivity contribution in [1.29, 1.82) is 0 Å². The summed E-state index contributed by atoms with van der Waals surface area (Å²) in [6.45, 7) is 10.7. The number of nitrogens with zero attached hydrogens (tertiary/aromatic N) is 3. The average molecular weight is 644 g/mol. The van der Waals surface area contributed by atoms with E-state index in [1.54, 1.807) is 29.1 Å². The molecule has 0 aromatic heterocycles. The van der Waals surface area contributed by atoms with Crippen molar-refractivity contribution in [3.8, 4) is 5.75 Å². The summed E-state index contributed by atoms with van der Waals surface area (Å²) in [5, 5.41) is 22.9. The fraction of sp³-hybridized carbons (Fsp3) is 0.371. The van der Waals surface area contributed by atoms with Crippen LogP contribution in [0.3, 0.4) is 0 Å². The number of amides is 2. The molecule has 4 atom stereocenters. The summed E-state index contributed by atoms with van der Waals surface area (Å²) in [5.41, 5.74) is 0.00949. The molecule has 10 nitrogen and oxygen atoms in total. The Morgan fingerprint density at radius 2 is 1.87 bits per heavy atom. The lowest BCUT2D eigenvalue weighted by Crippen LogP contribution is -2.52. The van der Waals surface area contributed by atoms with Crippen molar-refractivity contribution in [3.05, 3.63) is 107 Å². The molecular weight excluding hydrogens is 602 g/mol. The summed E-state index contributed by atoms with van der Waals surface area (Å²) in [6, 6.07) is 21.9. The van der Waals surface area contributed by atoms with Gasteiger partial charge in [0.1, 0.15) is 5.75 Å². The second kappa shape index (κ2) is 13.2. The van der Waals surface area contributed by atoms with Gasteiger partial charge in [-0.05, 0) is 29.3 Å². The van der Waals surface area contributed by atoms with Crippen LogP contribution in [0.4, 0.5) is 11.4 Å². The molecule has 2 aliphatic rings. The molecule has 1 fully saturated rings. The van der Waals surface area contributed by atoms with Crippen LogP contribution in [0, 0.1) is 16.0 Å². The third kappa shape index (κ3) is 5.74. The Hall–Kier alpha value is -4.32. The van der Waals surface area contributed by atoms with Crippen LogP contribution >= 0.6 is 0 Å². The fourth-order valence-corrected chi connectivity index (χ4v) is 11.5. The Morgan fingerprint density at radius 3 is 2.48 bits per heavy atom. The van der Waals surface area contributed by atoms with Crippen LogP contribution in [0.15, 0.2) is 85.5 Å². The van der Waals surface area contributed by atoms with E-state index in [4.69, 9.17) is 9.47 Å². The molecular formula is C35H41N3O7Si. The van der Waals surface area contributed by atoms with Gasteiger partial charge in [-0.15, -0.1) is 6.58 Å². The Kier molecular flexibility index (Phi) is 9.48. The summed E-state index contributed by atoms with van der Waals surface area (Å²) in [7, 11) is -0.936. The maximum Gasteiger partial charge on any atom is 0.269 e.